The van der Waals surface area contributed by atoms with Gasteiger partial charge in [-0.15, -0.1) is 0 Å². The molecule has 0 saturated heterocycles. The average Bonchev–Trinajstić information content (AvgIpc) is 1.99. The predicted octanol–water partition coefficient (Wildman–Crippen LogP) is 3.55. The van der Waals surface area contributed by atoms with Crippen LogP contribution in [0.15, 0.2) is 29.3 Å². The molecule has 1 aromatic carbocycles. The maximum atomic E-state index is 10.9. The van der Waals surface area contributed by atoms with Crippen molar-refractivity contribution in [1.29, 1.82) is 0 Å². The molecule has 0 atom stereocenters. The first-order valence-electron chi connectivity index (χ1n) is 4.15. The summed E-state index contributed by atoms with van der Waals surface area (Å²) in [7, 11) is 1.67. The lowest BCUT2D eigenvalue weighted by Crippen LogP contribution is -1.96. The first kappa shape index (κ1) is 12.7. The molecule has 0 aliphatic carbocycles. The van der Waals surface area contributed by atoms with E-state index >= 15 is 0 Å². The van der Waals surface area contributed by atoms with Gasteiger partial charge in [0.2, 0.25) is 9.05 Å². The van der Waals surface area contributed by atoms with E-state index in [4.69, 9.17) is 10.7 Å². The van der Waals surface area contributed by atoms with Crippen LogP contribution in [0, 0.1) is 0 Å². The molecule has 0 heterocycles. The molecule has 0 amide bonds. The van der Waals surface area contributed by atoms with Crippen molar-refractivity contribution in [2.75, 3.05) is 0 Å². The van der Waals surface area contributed by atoms with Crippen LogP contribution in [0.1, 0.15) is 18.1 Å². The van der Waals surface area contributed by atoms with E-state index < -0.39 is 9.05 Å². The van der Waals surface area contributed by atoms with E-state index in [0.29, 0.717) is 5.56 Å². The number of halogens is 2. The SMILES string of the molecule is C=C(C)c1cc(Br)cc(CS(=O)(=O)Cl)c1. The highest BCUT2D eigenvalue weighted by molar-refractivity contribution is 9.10. The Balaban J connectivity index is 3.15. The number of allylic oxidation sites excluding steroid dienone is 1. The van der Waals surface area contributed by atoms with Gasteiger partial charge in [-0.3, -0.25) is 0 Å². The van der Waals surface area contributed by atoms with Crippen molar-refractivity contribution in [3.05, 3.63) is 40.4 Å². The summed E-state index contributed by atoms with van der Waals surface area (Å²) in [6, 6.07) is 5.38. The molecule has 0 aliphatic rings. The minimum Gasteiger partial charge on any atom is -0.212 e. The zero-order valence-corrected chi connectivity index (χ0v) is 11.3. The van der Waals surface area contributed by atoms with E-state index in [2.05, 4.69) is 22.5 Å². The molecule has 0 bridgehead atoms. The Bertz CT molecular complexity index is 494. The van der Waals surface area contributed by atoms with E-state index in [1.165, 1.54) is 0 Å². The number of benzene rings is 1. The highest BCUT2D eigenvalue weighted by Crippen LogP contribution is 2.22. The molecule has 0 fully saturated rings. The van der Waals surface area contributed by atoms with Gasteiger partial charge in [0.15, 0.2) is 0 Å². The quantitative estimate of drug-likeness (QED) is 0.800. The van der Waals surface area contributed by atoms with Gasteiger partial charge >= 0.3 is 0 Å². The van der Waals surface area contributed by atoms with Crippen LogP contribution in [0.25, 0.3) is 5.57 Å². The third-order valence-corrected chi connectivity index (χ3v) is 3.25. The van der Waals surface area contributed by atoms with Crippen molar-refractivity contribution in [2.24, 2.45) is 0 Å². The molecule has 1 rings (SSSR count). The van der Waals surface area contributed by atoms with Gasteiger partial charge in [0.1, 0.15) is 0 Å². The fourth-order valence-corrected chi connectivity index (χ4v) is 2.66. The molecule has 0 saturated carbocycles. The predicted molar refractivity (Wildman–Crippen MR) is 67.3 cm³/mol. The lowest BCUT2D eigenvalue weighted by atomic mass is 10.1. The van der Waals surface area contributed by atoms with E-state index in [0.717, 1.165) is 15.6 Å². The van der Waals surface area contributed by atoms with Crippen LogP contribution in [-0.2, 0) is 14.8 Å². The molecule has 0 spiro atoms. The zero-order chi connectivity index (χ0) is 11.6. The van der Waals surface area contributed by atoms with Crippen molar-refractivity contribution in [3.63, 3.8) is 0 Å². The molecule has 15 heavy (non-hydrogen) atoms. The van der Waals surface area contributed by atoms with Crippen LogP contribution in [-0.4, -0.2) is 8.42 Å². The summed E-state index contributed by atoms with van der Waals surface area (Å²) >= 11 is 3.31. The highest BCUT2D eigenvalue weighted by Gasteiger charge is 2.09. The minimum absolute atomic E-state index is 0.172. The van der Waals surface area contributed by atoms with Crippen LogP contribution in [0.5, 0.6) is 0 Å². The van der Waals surface area contributed by atoms with Gasteiger partial charge in [-0.05, 0) is 30.2 Å². The molecule has 2 nitrogen and oxygen atoms in total. The van der Waals surface area contributed by atoms with Crippen LogP contribution in [0.2, 0.25) is 0 Å². The maximum absolute atomic E-state index is 10.9. The smallest absolute Gasteiger partial charge is 0.212 e. The van der Waals surface area contributed by atoms with Gasteiger partial charge in [0.25, 0.3) is 0 Å². The fraction of sp³-hybridized carbons (Fsp3) is 0.200. The average molecular weight is 310 g/mol. The molecule has 1 aromatic rings. The highest BCUT2D eigenvalue weighted by atomic mass is 79.9. The molecule has 0 unspecified atom stereocenters. The van der Waals surface area contributed by atoms with Crippen molar-refractivity contribution in [1.82, 2.24) is 0 Å². The molecular formula is C10H10BrClO2S. The Hall–Kier alpha value is -0.320. The first-order chi connectivity index (χ1) is 6.78. The Morgan fingerprint density at radius 3 is 2.53 bits per heavy atom. The molecular weight excluding hydrogens is 300 g/mol. The summed E-state index contributed by atoms with van der Waals surface area (Å²) in [6.07, 6.45) is 0. The van der Waals surface area contributed by atoms with Crippen LogP contribution < -0.4 is 0 Å². The Kier molecular flexibility index (Phi) is 3.98. The topological polar surface area (TPSA) is 34.1 Å². The van der Waals surface area contributed by atoms with Crippen molar-refractivity contribution >= 4 is 41.2 Å². The lowest BCUT2D eigenvalue weighted by molar-refractivity contribution is 0.609. The van der Waals surface area contributed by atoms with Crippen LogP contribution in [0.3, 0.4) is 0 Å². The summed E-state index contributed by atoms with van der Waals surface area (Å²) in [4.78, 5) is 0. The largest absolute Gasteiger partial charge is 0.236 e. The normalized spacial score (nSPS) is 11.4. The van der Waals surface area contributed by atoms with E-state index in [1.54, 1.807) is 12.1 Å². The molecule has 0 radical (unpaired) electrons. The van der Waals surface area contributed by atoms with Crippen LogP contribution >= 0.6 is 26.6 Å². The lowest BCUT2D eigenvalue weighted by Gasteiger charge is -2.05. The Labute approximate surface area is 103 Å². The van der Waals surface area contributed by atoms with Gasteiger partial charge in [-0.1, -0.05) is 34.1 Å². The van der Waals surface area contributed by atoms with E-state index in [-0.39, 0.29) is 5.75 Å². The third kappa shape index (κ3) is 4.36. The van der Waals surface area contributed by atoms with Crippen LogP contribution in [0.4, 0.5) is 0 Å². The minimum atomic E-state index is -3.51. The standard InChI is InChI=1S/C10H10BrClO2S/c1-7(2)9-3-8(4-10(11)5-9)6-15(12,13)14/h3-5H,1,6H2,2H3. The molecule has 0 aromatic heterocycles. The van der Waals surface area contributed by atoms with Gasteiger partial charge in [0.05, 0.1) is 5.75 Å². The number of hydrogen-bond acceptors (Lipinski definition) is 2. The van der Waals surface area contributed by atoms with Crippen molar-refractivity contribution < 1.29 is 8.42 Å². The molecule has 0 N–H and O–H groups in total. The van der Waals surface area contributed by atoms with Gasteiger partial charge in [-0.25, -0.2) is 8.42 Å². The van der Waals surface area contributed by atoms with Crippen molar-refractivity contribution in [3.8, 4) is 0 Å². The van der Waals surface area contributed by atoms with Gasteiger partial charge < -0.3 is 0 Å². The second-order valence-electron chi connectivity index (χ2n) is 3.31. The molecule has 0 aliphatic heterocycles. The Morgan fingerprint density at radius 2 is 2.07 bits per heavy atom. The molecule has 82 valence electrons. The summed E-state index contributed by atoms with van der Waals surface area (Å²) in [5.74, 6) is -0.172. The fourth-order valence-electron chi connectivity index (χ4n) is 1.18. The van der Waals surface area contributed by atoms with Crippen molar-refractivity contribution in [2.45, 2.75) is 12.7 Å². The summed E-state index contributed by atoms with van der Waals surface area (Å²) in [6.45, 7) is 5.66. The number of rotatable bonds is 3. The maximum Gasteiger partial charge on any atom is 0.236 e. The second-order valence-corrected chi connectivity index (χ2v) is 7.00. The van der Waals surface area contributed by atoms with Gasteiger partial charge in [0, 0.05) is 15.2 Å². The Morgan fingerprint density at radius 1 is 1.47 bits per heavy atom. The van der Waals surface area contributed by atoms with E-state index in [9.17, 15) is 8.42 Å². The van der Waals surface area contributed by atoms with Gasteiger partial charge in [-0.2, -0.15) is 0 Å². The second kappa shape index (κ2) is 4.68. The summed E-state index contributed by atoms with van der Waals surface area (Å²) in [5, 5.41) is 0. The summed E-state index contributed by atoms with van der Waals surface area (Å²) in [5.41, 5.74) is 2.43. The van der Waals surface area contributed by atoms with E-state index in [1.807, 2.05) is 13.0 Å². The number of hydrogen-bond donors (Lipinski definition) is 0. The first-order valence-corrected chi connectivity index (χ1v) is 7.43. The third-order valence-electron chi connectivity index (χ3n) is 1.79. The zero-order valence-electron chi connectivity index (χ0n) is 8.13. The molecule has 5 heteroatoms. The summed E-state index contributed by atoms with van der Waals surface area (Å²) < 4.78 is 22.7. The monoisotopic (exact) mass is 308 g/mol.